The molecule has 0 bridgehead atoms. The maximum absolute atomic E-state index is 11.5. The third kappa shape index (κ3) is 6.04. The minimum atomic E-state index is -0.823. The Balaban J connectivity index is 1.73. The third-order valence-corrected chi connectivity index (χ3v) is 6.92. The molecule has 8 nitrogen and oxygen atoms in total. The van der Waals surface area contributed by atoms with E-state index in [9.17, 15) is 9.90 Å². The van der Waals surface area contributed by atoms with Gasteiger partial charge in [0.25, 0.3) is 0 Å². The molecule has 1 aromatic rings. The maximum atomic E-state index is 11.5. The van der Waals surface area contributed by atoms with Crippen LogP contribution in [-0.4, -0.2) is 66.8 Å². The number of rotatable bonds is 8. The number of hydrogen-bond donors (Lipinski definition) is 4. The van der Waals surface area contributed by atoms with Crippen molar-refractivity contribution in [3.8, 4) is 0 Å². The summed E-state index contributed by atoms with van der Waals surface area (Å²) < 4.78 is 0. The number of halogens is 1. The van der Waals surface area contributed by atoms with Gasteiger partial charge in [-0.15, -0.1) is 0 Å². The quantitative estimate of drug-likeness (QED) is 0.274. The number of aliphatic imine (C=N–C) groups is 1. The third-order valence-electron chi connectivity index (χ3n) is 6.55. The summed E-state index contributed by atoms with van der Waals surface area (Å²) in [6.07, 6.45) is 3.33. The van der Waals surface area contributed by atoms with Crippen molar-refractivity contribution in [3.05, 3.63) is 34.9 Å². The van der Waals surface area contributed by atoms with Gasteiger partial charge in [-0.1, -0.05) is 29.8 Å². The second-order valence-corrected chi connectivity index (χ2v) is 9.16. The highest BCUT2D eigenvalue weighted by atomic mass is 35.5. The molecule has 3 rings (SSSR count). The fraction of sp³-hybridized carbons (Fsp3) is 0.591. The Morgan fingerprint density at radius 1 is 1.42 bits per heavy atom. The molecule has 31 heavy (non-hydrogen) atoms. The molecule has 170 valence electrons. The molecule has 0 aromatic heterocycles. The number of nitrogens with two attached hydrogens (primary N) is 1. The molecule has 1 saturated heterocycles. The summed E-state index contributed by atoms with van der Waals surface area (Å²) in [6, 6.07) is 7.25. The molecule has 0 spiro atoms. The van der Waals surface area contributed by atoms with Crippen LogP contribution in [-0.2, 0) is 11.3 Å². The van der Waals surface area contributed by atoms with Crippen LogP contribution in [0.5, 0.6) is 0 Å². The monoisotopic (exact) mass is 448 g/mol. The van der Waals surface area contributed by atoms with E-state index >= 15 is 0 Å². The number of hydrazone groups is 1. The number of nitrogens with zero attached hydrogens (tertiary/aromatic N) is 3. The number of nitrogens with one attached hydrogen (secondary N) is 2. The van der Waals surface area contributed by atoms with E-state index < -0.39 is 17.6 Å². The van der Waals surface area contributed by atoms with E-state index in [1.807, 2.05) is 24.3 Å². The van der Waals surface area contributed by atoms with Crippen molar-refractivity contribution in [2.24, 2.45) is 27.7 Å². The first-order valence-electron chi connectivity index (χ1n) is 10.8. The highest BCUT2D eigenvalue weighted by molar-refractivity contribution is 6.31. The molecular formula is C22H33ClN6O2. The van der Waals surface area contributed by atoms with Gasteiger partial charge < -0.3 is 21.6 Å². The number of carbonyl (C=O) groups is 1. The summed E-state index contributed by atoms with van der Waals surface area (Å²) in [7, 11) is 1.74. The van der Waals surface area contributed by atoms with Crippen LogP contribution in [0.3, 0.4) is 0 Å². The standard InChI is InChI=1S/C22H33ClN6O2/c1-25-20(28-26-2)14-29(13-16-5-3-4-6-18(16)23)12-15-7-8-17-11-27-19(21(30)31)10-22(17,24)9-15/h3-6,15,17,19,26-27H,1,7-14,24H2,2H3,(H,30,31)/b28-20-/t15-,17?,19?,22?/m0/s1. The van der Waals surface area contributed by atoms with E-state index in [-0.39, 0.29) is 0 Å². The Morgan fingerprint density at radius 3 is 2.87 bits per heavy atom. The maximum Gasteiger partial charge on any atom is 0.320 e. The Hall–Kier alpha value is -2.00. The van der Waals surface area contributed by atoms with E-state index in [1.165, 1.54) is 0 Å². The molecule has 2 fully saturated rings. The van der Waals surface area contributed by atoms with Gasteiger partial charge in [0.15, 0.2) is 5.84 Å². The van der Waals surface area contributed by atoms with Gasteiger partial charge in [-0.2, -0.15) is 5.10 Å². The van der Waals surface area contributed by atoms with Crippen LogP contribution in [0.15, 0.2) is 34.4 Å². The topological polar surface area (TPSA) is 115 Å². The van der Waals surface area contributed by atoms with Crippen LogP contribution in [0.25, 0.3) is 0 Å². The lowest BCUT2D eigenvalue weighted by molar-refractivity contribution is -0.141. The van der Waals surface area contributed by atoms with Gasteiger partial charge in [-0.3, -0.25) is 9.69 Å². The van der Waals surface area contributed by atoms with Crippen LogP contribution in [0.2, 0.25) is 5.02 Å². The molecule has 1 saturated carbocycles. The molecule has 1 aliphatic carbocycles. The van der Waals surface area contributed by atoms with Crippen LogP contribution in [0.1, 0.15) is 31.2 Å². The van der Waals surface area contributed by atoms with E-state index in [1.54, 1.807) is 7.05 Å². The lowest BCUT2D eigenvalue weighted by Gasteiger charge is -2.50. The Labute approximate surface area is 188 Å². The van der Waals surface area contributed by atoms with Crippen molar-refractivity contribution in [1.29, 1.82) is 0 Å². The SMILES string of the molecule is C=N/C(CN(Cc1ccccc1Cl)C[C@H]1CCC2CNC(C(=O)O)CC2(N)C1)=N\NC. The second-order valence-electron chi connectivity index (χ2n) is 8.75. The van der Waals surface area contributed by atoms with Crippen molar-refractivity contribution in [2.45, 2.75) is 43.8 Å². The number of piperidine rings is 1. The number of hydrogen-bond acceptors (Lipinski definition) is 6. The Morgan fingerprint density at radius 2 is 2.19 bits per heavy atom. The van der Waals surface area contributed by atoms with E-state index in [0.717, 1.165) is 36.4 Å². The summed E-state index contributed by atoms with van der Waals surface area (Å²) in [6.45, 7) is 6.31. The number of amidine groups is 1. The van der Waals surface area contributed by atoms with Gasteiger partial charge in [0, 0.05) is 37.2 Å². The minimum Gasteiger partial charge on any atom is -0.480 e. The fourth-order valence-electron chi connectivity index (χ4n) is 5.02. The molecule has 1 heterocycles. The first kappa shape index (κ1) is 23.7. The number of aliphatic carboxylic acids is 1. The molecule has 3 unspecified atom stereocenters. The van der Waals surface area contributed by atoms with Crippen LogP contribution in [0, 0.1) is 11.8 Å². The van der Waals surface area contributed by atoms with Crippen molar-refractivity contribution >= 4 is 30.1 Å². The van der Waals surface area contributed by atoms with Crippen molar-refractivity contribution in [2.75, 3.05) is 26.7 Å². The number of carboxylic acid groups (broad SMARTS) is 1. The van der Waals surface area contributed by atoms with Gasteiger partial charge in [0.1, 0.15) is 6.04 Å². The molecule has 9 heteroatoms. The fourth-order valence-corrected chi connectivity index (χ4v) is 5.22. The van der Waals surface area contributed by atoms with E-state index in [4.69, 9.17) is 17.3 Å². The molecule has 1 aliphatic heterocycles. The number of fused-ring (bicyclic) bond motifs is 1. The molecule has 1 aromatic carbocycles. The minimum absolute atomic E-state index is 0.313. The van der Waals surface area contributed by atoms with Crippen molar-refractivity contribution < 1.29 is 9.90 Å². The van der Waals surface area contributed by atoms with Gasteiger partial charge in [-0.05, 0) is 55.9 Å². The largest absolute Gasteiger partial charge is 0.480 e. The van der Waals surface area contributed by atoms with Gasteiger partial charge >= 0.3 is 5.97 Å². The lowest BCUT2D eigenvalue weighted by atomic mass is 9.64. The van der Waals surface area contributed by atoms with Gasteiger partial charge in [0.05, 0.1) is 6.54 Å². The summed E-state index contributed by atoms with van der Waals surface area (Å²) in [5.74, 6) is 0.457. The Bertz CT molecular complexity index is 819. The van der Waals surface area contributed by atoms with E-state index in [2.05, 4.69) is 32.5 Å². The summed E-state index contributed by atoms with van der Waals surface area (Å²) >= 11 is 6.41. The zero-order valence-electron chi connectivity index (χ0n) is 18.1. The summed E-state index contributed by atoms with van der Waals surface area (Å²) in [5, 5.41) is 17.5. The average molecular weight is 449 g/mol. The predicted molar refractivity (Wildman–Crippen MR) is 125 cm³/mol. The molecular weight excluding hydrogens is 416 g/mol. The highest BCUT2D eigenvalue weighted by Gasteiger charge is 2.46. The van der Waals surface area contributed by atoms with Crippen molar-refractivity contribution in [1.82, 2.24) is 15.6 Å². The van der Waals surface area contributed by atoms with Gasteiger partial charge in [-0.25, -0.2) is 4.99 Å². The lowest BCUT2D eigenvalue weighted by Crippen LogP contribution is -2.64. The Kier molecular flexibility index (Phi) is 8.05. The first-order chi connectivity index (χ1) is 14.8. The average Bonchev–Trinajstić information content (AvgIpc) is 2.73. The van der Waals surface area contributed by atoms with Crippen LogP contribution < -0.4 is 16.5 Å². The van der Waals surface area contributed by atoms with Crippen molar-refractivity contribution in [3.63, 3.8) is 0 Å². The molecule has 0 amide bonds. The highest BCUT2D eigenvalue weighted by Crippen LogP contribution is 2.40. The zero-order valence-corrected chi connectivity index (χ0v) is 18.8. The summed E-state index contributed by atoms with van der Waals surface area (Å²) in [4.78, 5) is 17.8. The number of benzene rings is 1. The normalized spacial score (nSPS) is 28.8. The predicted octanol–water partition coefficient (Wildman–Crippen LogP) is 1.94. The first-order valence-corrected chi connectivity index (χ1v) is 11.1. The smallest absolute Gasteiger partial charge is 0.320 e. The zero-order chi connectivity index (χ0) is 22.4. The van der Waals surface area contributed by atoms with Gasteiger partial charge in [0.2, 0.25) is 0 Å². The number of carboxylic acids is 1. The second kappa shape index (κ2) is 10.5. The van der Waals surface area contributed by atoms with Crippen LogP contribution >= 0.6 is 11.6 Å². The summed E-state index contributed by atoms with van der Waals surface area (Å²) in [5.41, 5.74) is 10.2. The molecule has 0 radical (unpaired) electrons. The molecule has 5 N–H and O–H groups in total. The molecule has 2 aliphatic rings. The van der Waals surface area contributed by atoms with E-state index in [0.29, 0.717) is 43.7 Å². The van der Waals surface area contributed by atoms with Crippen LogP contribution in [0.4, 0.5) is 0 Å². The molecule has 4 atom stereocenters.